The lowest BCUT2D eigenvalue weighted by molar-refractivity contribution is -0.122. The molecule has 0 radical (unpaired) electrons. The number of aryl methyl sites for hydroxylation is 1. The molecule has 1 aromatic heterocycles. The molecule has 0 atom stereocenters. The standard InChI is InChI=1S/C18H19F2N3O2/c1-22-9-6-21-17(18(22)25)23-7-4-12(5-8-23)16(24)11-13-10-14(19)2-3-15(13)20/h2-3,6,9-10,12H,4-5,7-8,11H2,1H3. The van der Waals surface area contributed by atoms with E-state index in [0.717, 1.165) is 18.2 Å². The number of carbonyl (C=O) groups excluding carboxylic acids is 1. The van der Waals surface area contributed by atoms with Gasteiger partial charge >= 0.3 is 0 Å². The van der Waals surface area contributed by atoms with Gasteiger partial charge in [-0.05, 0) is 36.6 Å². The second-order valence-electron chi connectivity index (χ2n) is 6.31. The summed E-state index contributed by atoms with van der Waals surface area (Å²) < 4.78 is 28.4. The highest BCUT2D eigenvalue weighted by Gasteiger charge is 2.27. The van der Waals surface area contributed by atoms with E-state index < -0.39 is 11.6 Å². The van der Waals surface area contributed by atoms with Gasteiger partial charge in [0.2, 0.25) is 0 Å². The number of piperidine rings is 1. The molecule has 0 spiro atoms. The van der Waals surface area contributed by atoms with Crippen molar-refractivity contribution in [1.29, 1.82) is 0 Å². The Morgan fingerprint density at radius 1 is 1.28 bits per heavy atom. The lowest BCUT2D eigenvalue weighted by Gasteiger charge is -2.31. The predicted molar refractivity (Wildman–Crippen MR) is 89.5 cm³/mol. The van der Waals surface area contributed by atoms with Crippen LogP contribution in [0.1, 0.15) is 18.4 Å². The van der Waals surface area contributed by atoms with Gasteiger partial charge in [0.1, 0.15) is 17.4 Å². The van der Waals surface area contributed by atoms with Crippen molar-refractivity contribution in [2.45, 2.75) is 19.3 Å². The molecule has 0 bridgehead atoms. The van der Waals surface area contributed by atoms with Crippen LogP contribution in [0.25, 0.3) is 0 Å². The Hall–Kier alpha value is -2.57. The third kappa shape index (κ3) is 3.75. The summed E-state index contributed by atoms with van der Waals surface area (Å²) in [4.78, 5) is 30.5. The summed E-state index contributed by atoms with van der Waals surface area (Å²) in [5.41, 5.74) is -0.0832. The third-order valence-electron chi connectivity index (χ3n) is 4.62. The molecule has 1 fully saturated rings. The van der Waals surface area contributed by atoms with Gasteiger partial charge in [0.05, 0.1) is 0 Å². The third-order valence-corrected chi connectivity index (χ3v) is 4.62. The van der Waals surface area contributed by atoms with Crippen LogP contribution in [-0.2, 0) is 18.3 Å². The van der Waals surface area contributed by atoms with Crippen molar-refractivity contribution in [1.82, 2.24) is 9.55 Å². The highest BCUT2D eigenvalue weighted by atomic mass is 19.1. The van der Waals surface area contributed by atoms with Crippen LogP contribution >= 0.6 is 0 Å². The number of ketones is 1. The predicted octanol–water partition coefficient (Wildman–Crippen LogP) is 2.09. The van der Waals surface area contributed by atoms with Crippen molar-refractivity contribution in [3.63, 3.8) is 0 Å². The largest absolute Gasteiger partial charge is 0.352 e. The highest BCUT2D eigenvalue weighted by Crippen LogP contribution is 2.23. The van der Waals surface area contributed by atoms with Gasteiger partial charge in [-0.3, -0.25) is 9.59 Å². The second kappa shape index (κ2) is 7.13. The van der Waals surface area contributed by atoms with Gasteiger partial charge in [-0.15, -0.1) is 0 Å². The van der Waals surface area contributed by atoms with Gasteiger partial charge in [-0.1, -0.05) is 0 Å². The van der Waals surface area contributed by atoms with E-state index in [1.807, 2.05) is 4.90 Å². The van der Waals surface area contributed by atoms with E-state index in [1.165, 1.54) is 4.57 Å². The van der Waals surface area contributed by atoms with E-state index in [2.05, 4.69) is 4.98 Å². The van der Waals surface area contributed by atoms with Crippen LogP contribution in [-0.4, -0.2) is 28.4 Å². The van der Waals surface area contributed by atoms with E-state index in [0.29, 0.717) is 31.7 Å². The van der Waals surface area contributed by atoms with Crippen molar-refractivity contribution in [3.05, 3.63) is 58.1 Å². The minimum absolute atomic E-state index is 0.0889. The maximum Gasteiger partial charge on any atom is 0.293 e. The topological polar surface area (TPSA) is 55.2 Å². The summed E-state index contributed by atoms with van der Waals surface area (Å²) in [5.74, 6) is -1.05. The Labute approximate surface area is 143 Å². The number of halogens is 2. The highest BCUT2D eigenvalue weighted by molar-refractivity contribution is 5.83. The fourth-order valence-corrected chi connectivity index (χ4v) is 3.13. The summed E-state index contributed by atoms with van der Waals surface area (Å²) in [6.07, 6.45) is 4.18. The van der Waals surface area contributed by atoms with Gasteiger partial charge in [-0.2, -0.15) is 0 Å². The second-order valence-corrected chi connectivity index (χ2v) is 6.31. The summed E-state index contributed by atoms with van der Waals surface area (Å²) in [6, 6.07) is 3.15. The maximum absolute atomic E-state index is 13.7. The maximum atomic E-state index is 13.7. The number of aromatic nitrogens is 2. The van der Waals surface area contributed by atoms with Crippen LogP contribution in [0, 0.1) is 17.6 Å². The molecule has 0 unspecified atom stereocenters. The average Bonchev–Trinajstić information content (AvgIpc) is 2.61. The minimum atomic E-state index is -0.566. The molecule has 3 rings (SSSR count). The number of anilines is 1. The lowest BCUT2D eigenvalue weighted by Crippen LogP contribution is -2.40. The summed E-state index contributed by atoms with van der Waals surface area (Å²) in [6.45, 7) is 1.07. The first-order valence-electron chi connectivity index (χ1n) is 8.19. The van der Waals surface area contributed by atoms with Crippen LogP contribution in [0.4, 0.5) is 14.6 Å². The van der Waals surface area contributed by atoms with Crippen molar-refractivity contribution >= 4 is 11.6 Å². The minimum Gasteiger partial charge on any atom is -0.352 e. The van der Waals surface area contributed by atoms with Gasteiger partial charge in [0, 0.05) is 44.9 Å². The zero-order valence-corrected chi connectivity index (χ0v) is 13.9. The van der Waals surface area contributed by atoms with E-state index >= 15 is 0 Å². The number of nitrogens with zero attached hydrogens (tertiary/aromatic N) is 3. The number of Topliss-reactive ketones (excluding diaryl/α,β-unsaturated/α-hetero) is 1. The van der Waals surface area contributed by atoms with Crippen LogP contribution in [0.3, 0.4) is 0 Å². The van der Waals surface area contributed by atoms with Gasteiger partial charge in [-0.25, -0.2) is 13.8 Å². The molecule has 5 nitrogen and oxygen atoms in total. The molecular formula is C18H19F2N3O2. The molecular weight excluding hydrogens is 328 g/mol. The molecule has 2 aromatic rings. The Kier molecular flexibility index (Phi) is 4.92. The SMILES string of the molecule is Cn1ccnc(N2CCC(C(=O)Cc3cc(F)ccc3F)CC2)c1=O. The van der Waals surface area contributed by atoms with E-state index in [-0.39, 0.29) is 29.2 Å². The first kappa shape index (κ1) is 17.3. The monoisotopic (exact) mass is 347 g/mol. The molecule has 2 heterocycles. The Morgan fingerprint density at radius 3 is 2.72 bits per heavy atom. The number of carbonyl (C=O) groups is 1. The number of hydrogen-bond donors (Lipinski definition) is 0. The molecule has 0 N–H and O–H groups in total. The fourth-order valence-electron chi connectivity index (χ4n) is 3.13. The number of benzene rings is 1. The molecule has 0 amide bonds. The van der Waals surface area contributed by atoms with E-state index in [4.69, 9.17) is 0 Å². The molecule has 1 aromatic carbocycles. The van der Waals surface area contributed by atoms with E-state index in [1.54, 1.807) is 19.4 Å². The molecule has 0 aliphatic carbocycles. The summed E-state index contributed by atoms with van der Waals surface area (Å²) in [7, 11) is 1.66. The van der Waals surface area contributed by atoms with Gasteiger partial charge < -0.3 is 9.47 Å². The summed E-state index contributed by atoms with van der Waals surface area (Å²) >= 11 is 0. The average molecular weight is 347 g/mol. The Bertz CT molecular complexity index is 842. The van der Waals surface area contributed by atoms with Crippen LogP contribution in [0.15, 0.2) is 35.4 Å². The van der Waals surface area contributed by atoms with Crippen molar-refractivity contribution < 1.29 is 13.6 Å². The smallest absolute Gasteiger partial charge is 0.293 e. The Balaban J connectivity index is 1.64. The molecule has 1 aliphatic rings. The van der Waals surface area contributed by atoms with Crippen molar-refractivity contribution in [3.8, 4) is 0 Å². The van der Waals surface area contributed by atoms with Gasteiger partial charge in [0.25, 0.3) is 5.56 Å². The van der Waals surface area contributed by atoms with E-state index in [9.17, 15) is 18.4 Å². The van der Waals surface area contributed by atoms with Crippen LogP contribution in [0.2, 0.25) is 0 Å². The zero-order valence-electron chi connectivity index (χ0n) is 13.9. The van der Waals surface area contributed by atoms with Crippen LogP contribution < -0.4 is 10.5 Å². The first-order valence-corrected chi connectivity index (χ1v) is 8.19. The normalized spacial score (nSPS) is 15.4. The molecule has 1 saturated heterocycles. The fraction of sp³-hybridized carbons (Fsp3) is 0.389. The molecule has 7 heteroatoms. The first-order chi connectivity index (χ1) is 12.0. The molecule has 1 aliphatic heterocycles. The van der Waals surface area contributed by atoms with Gasteiger partial charge in [0.15, 0.2) is 5.82 Å². The quantitative estimate of drug-likeness (QED) is 0.850. The van der Waals surface area contributed by atoms with Crippen molar-refractivity contribution in [2.75, 3.05) is 18.0 Å². The zero-order chi connectivity index (χ0) is 18.0. The van der Waals surface area contributed by atoms with Crippen LogP contribution in [0.5, 0.6) is 0 Å². The number of hydrogen-bond acceptors (Lipinski definition) is 4. The number of rotatable bonds is 4. The lowest BCUT2D eigenvalue weighted by atomic mass is 9.89. The molecule has 132 valence electrons. The van der Waals surface area contributed by atoms with Crippen molar-refractivity contribution in [2.24, 2.45) is 13.0 Å². The Morgan fingerprint density at radius 2 is 2.00 bits per heavy atom. The summed E-state index contributed by atoms with van der Waals surface area (Å²) in [5, 5.41) is 0. The molecule has 25 heavy (non-hydrogen) atoms. The molecule has 0 saturated carbocycles.